The van der Waals surface area contributed by atoms with Gasteiger partial charge in [0.15, 0.2) is 0 Å². The summed E-state index contributed by atoms with van der Waals surface area (Å²) in [7, 11) is 0. The van der Waals surface area contributed by atoms with E-state index in [1.165, 1.54) is 0 Å². The molecule has 2 rings (SSSR count). The van der Waals surface area contributed by atoms with Crippen LogP contribution < -0.4 is 10.6 Å². The average Bonchev–Trinajstić information content (AvgIpc) is 2.39. The van der Waals surface area contributed by atoms with Crippen molar-refractivity contribution in [3.05, 3.63) is 29.8 Å². The van der Waals surface area contributed by atoms with E-state index in [1.54, 1.807) is 0 Å². The summed E-state index contributed by atoms with van der Waals surface area (Å²) < 4.78 is 18.6. The van der Waals surface area contributed by atoms with Gasteiger partial charge in [0.2, 0.25) is 0 Å². The van der Waals surface area contributed by atoms with E-state index in [1.807, 2.05) is 24.3 Å². The monoisotopic (exact) mass is 224 g/mol. The molecule has 1 saturated heterocycles. The fraction of sp³-hybridized carbons (Fsp3) is 0.500. The lowest BCUT2D eigenvalue weighted by Gasteiger charge is -2.29. The zero-order chi connectivity index (χ0) is 11.4. The molecule has 0 saturated carbocycles. The zero-order valence-corrected chi connectivity index (χ0v) is 9.23. The molecule has 0 bridgehead atoms. The standard InChI is InChI=1S/C12H17FN2O/c13-12(9-14)10-1-3-11(4-2-10)15-5-7-16-8-6-15/h1-4,12H,5-9,14H2. The average molecular weight is 224 g/mol. The third-order valence-electron chi connectivity index (χ3n) is 2.84. The Morgan fingerprint density at radius 3 is 2.44 bits per heavy atom. The molecule has 1 unspecified atom stereocenters. The van der Waals surface area contributed by atoms with Crippen LogP contribution in [-0.4, -0.2) is 32.8 Å². The van der Waals surface area contributed by atoms with E-state index in [-0.39, 0.29) is 6.54 Å². The van der Waals surface area contributed by atoms with Crippen LogP contribution in [0, 0.1) is 0 Å². The van der Waals surface area contributed by atoms with Gasteiger partial charge in [0.05, 0.1) is 13.2 Å². The van der Waals surface area contributed by atoms with Gasteiger partial charge in [-0.15, -0.1) is 0 Å². The number of hydrogen-bond donors (Lipinski definition) is 1. The SMILES string of the molecule is NCC(F)c1ccc(N2CCOCC2)cc1. The van der Waals surface area contributed by atoms with Crippen molar-refractivity contribution in [3.63, 3.8) is 0 Å². The van der Waals surface area contributed by atoms with Crippen LogP contribution in [0.15, 0.2) is 24.3 Å². The van der Waals surface area contributed by atoms with E-state index in [2.05, 4.69) is 4.90 Å². The van der Waals surface area contributed by atoms with Gasteiger partial charge in [-0.2, -0.15) is 0 Å². The van der Waals surface area contributed by atoms with Crippen molar-refractivity contribution in [3.8, 4) is 0 Å². The van der Waals surface area contributed by atoms with Crippen LogP contribution in [0.4, 0.5) is 10.1 Å². The van der Waals surface area contributed by atoms with Crippen LogP contribution in [-0.2, 0) is 4.74 Å². The minimum Gasteiger partial charge on any atom is -0.378 e. The largest absolute Gasteiger partial charge is 0.378 e. The maximum Gasteiger partial charge on any atom is 0.137 e. The Balaban J connectivity index is 2.06. The number of alkyl halides is 1. The number of benzene rings is 1. The number of nitrogens with two attached hydrogens (primary N) is 1. The van der Waals surface area contributed by atoms with E-state index in [9.17, 15) is 4.39 Å². The van der Waals surface area contributed by atoms with Gasteiger partial charge in [-0.05, 0) is 17.7 Å². The van der Waals surface area contributed by atoms with Crippen molar-refractivity contribution in [2.24, 2.45) is 5.73 Å². The van der Waals surface area contributed by atoms with Crippen molar-refractivity contribution < 1.29 is 9.13 Å². The molecule has 3 nitrogen and oxygen atoms in total. The number of hydrogen-bond acceptors (Lipinski definition) is 3. The van der Waals surface area contributed by atoms with Gasteiger partial charge in [0, 0.05) is 25.3 Å². The van der Waals surface area contributed by atoms with Crippen molar-refractivity contribution in [1.82, 2.24) is 0 Å². The first kappa shape index (κ1) is 11.4. The molecular weight excluding hydrogens is 207 g/mol. The zero-order valence-electron chi connectivity index (χ0n) is 9.23. The first-order valence-corrected chi connectivity index (χ1v) is 5.58. The molecule has 4 heteroatoms. The second-order valence-corrected chi connectivity index (χ2v) is 3.89. The van der Waals surface area contributed by atoms with Crippen molar-refractivity contribution >= 4 is 5.69 Å². The summed E-state index contributed by atoms with van der Waals surface area (Å²) in [6.07, 6.45) is -1.06. The quantitative estimate of drug-likeness (QED) is 0.845. The number of halogens is 1. The summed E-state index contributed by atoms with van der Waals surface area (Å²) in [4.78, 5) is 2.24. The number of nitrogens with zero attached hydrogens (tertiary/aromatic N) is 1. The number of rotatable bonds is 3. The third kappa shape index (κ3) is 2.51. The Morgan fingerprint density at radius 2 is 1.88 bits per heavy atom. The Hall–Kier alpha value is -1.13. The predicted octanol–water partition coefficient (Wildman–Crippen LogP) is 1.49. The lowest BCUT2D eigenvalue weighted by molar-refractivity contribution is 0.122. The Bertz CT molecular complexity index is 322. The summed E-state index contributed by atoms with van der Waals surface area (Å²) in [5.41, 5.74) is 7.06. The molecule has 0 aliphatic carbocycles. The highest BCUT2D eigenvalue weighted by Gasteiger charge is 2.12. The molecule has 1 aliphatic heterocycles. The van der Waals surface area contributed by atoms with Crippen LogP contribution in [0.1, 0.15) is 11.7 Å². The third-order valence-corrected chi connectivity index (χ3v) is 2.84. The maximum atomic E-state index is 13.3. The summed E-state index contributed by atoms with van der Waals surface area (Å²) >= 11 is 0. The molecule has 16 heavy (non-hydrogen) atoms. The van der Waals surface area contributed by atoms with Crippen LogP contribution in [0.2, 0.25) is 0 Å². The first-order chi connectivity index (χ1) is 7.81. The smallest absolute Gasteiger partial charge is 0.137 e. The highest BCUT2D eigenvalue weighted by molar-refractivity contribution is 5.48. The van der Waals surface area contributed by atoms with E-state index in [0.29, 0.717) is 5.56 Å². The molecule has 1 aromatic rings. The highest BCUT2D eigenvalue weighted by atomic mass is 19.1. The second-order valence-electron chi connectivity index (χ2n) is 3.89. The Kier molecular flexibility index (Phi) is 3.74. The Labute approximate surface area is 95.0 Å². The minimum atomic E-state index is -1.06. The van der Waals surface area contributed by atoms with Gasteiger partial charge >= 0.3 is 0 Å². The van der Waals surface area contributed by atoms with Gasteiger partial charge < -0.3 is 15.4 Å². The topological polar surface area (TPSA) is 38.5 Å². The van der Waals surface area contributed by atoms with Crippen LogP contribution in [0.25, 0.3) is 0 Å². The molecule has 0 spiro atoms. The van der Waals surface area contributed by atoms with Crippen molar-refractivity contribution in [2.45, 2.75) is 6.17 Å². The molecule has 0 aromatic heterocycles. The molecule has 1 fully saturated rings. The number of ether oxygens (including phenoxy) is 1. The van der Waals surface area contributed by atoms with E-state index in [4.69, 9.17) is 10.5 Å². The lowest BCUT2D eigenvalue weighted by Crippen LogP contribution is -2.36. The second kappa shape index (κ2) is 5.27. The highest BCUT2D eigenvalue weighted by Crippen LogP contribution is 2.21. The van der Waals surface area contributed by atoms with Crippen LogP contribution in [0.3, 0.4) is 0 Å². The molecule has 1 atom stereocenters. The van der Waals surface area contributed by atoms with Gasteiger partial charge in [0.1, 0.15) is 6.17 Å². The van der Waals surface area contributed by atoms with Crippen molar-refractivity contribution in [1.29, 1.82) is 0 Å². The number of morpholine rings is 1. The van der Waals surface area contributed by atoms with Gasteiger partial charge in [0.25, 0.3) is 0 Å². The summed E-state index contributed by atoms with van der Waals surface area (Å²) in [5, 5.41) is 0. The minimum absolute atomic E-state index is 0.0386. The van der Waals surface area contributed by atoms with Crippen molar-refractivity contribution in [2.75, 3.05) is 37.7 Å². The molecule has 1 aliphatic rings. The molecule has 0 amide bonds. The predicted molar refractivity (Wildman–Crippen MR) is 62.4 cm³/mol. The van der Waals surface area contributed by atoms with Gasteiger partial charge in [-0.25, -0.2) is 4.39 Å². The fourth-order valence-corrected chi connectivity index (χ4v) is 1.85. The lowest BCUT2D eigenvalue weighted by atomic mass is 10.1. The molecule has 2 N–H and O–H groups in total. The van der Waals surface area contributed by atoms with Crippen LogP contribution >= 0.6 is 0 Å². The van der Waals surface area contributed by atoms with E-state index in [0.717, 1.165) is 32.0 Å². The summed E-state index contributed by atoms with van der Waals surface area (Å²) in [5.74, 6) is 0. The fourth-order valence-electron chi connectivity index (χ4n) is 1.85. The first-order valence-electron chi connectivity index (χ1n) is 5.58. The Morgan fingerprint density at radius 1 is 1.25 bits per heavy atom. The summed E-state index contributed by atoms with van der Waals surface area (Å²) in [6, 6.07) is 7.51. The van der Waals surface area contributed by atoms with E-state index < -0.39 is 6.17 Å². The number of anilines is 1. The maximum absolute atomic E-state index is 13.3. The molecule has 0 radical (unpaired) electrons. The summed E-state index contributed by atoms with van der Waals surface area (Å²) in [6.45, 7) is 3.36. The molecule has 1 aromatic carbocycles. The van der Waals surface area contributed by atoms with Gasteiger partial charge in [-0.3, -0.25) is 0 Å². The van der Waals surface area contributed by atoms with E-state index >= 15 is 0 Å². The van der Waals surface area contributed by atoms with Gasteiger partial charge in [-0.1, -0.05) is 12.1 Å². The van der Waals surface area contributed by atoms with Crippen LogP contribution in [0.5, 0.6) is 0 Å². The molecule has 88 valence electrons. The normalized spacial score (nSPS) is 18.5. The molecule has 1 heterocycles. The molecular formula is C12H17FN2O.